The fraction of sp³-hybridized carbons (Fsp3) is 0. The third-order valence-corrected chi connectivity index (χ3v) is 4.17. The van der Waals surface area contributed by atoms with Gasteiger partial charge in [0.1, 0.15) is 5.75 Å². The van der Waals surface area contributed by atoms with Crippen molar-refractivity contribution in [2.24, 2.45) is 0 Å². The third kappa shape index (κ3) is 4.56. The van der Waals surface area contributed by atoms with Gasteiger partial charge in [-0.05, 0) is 48.5 Å². The van der Waals surface area contributed by atoms with Crippen LogP contribution in [-0.2, 0) is 0 Å². The van der Waals surface area contributed by atoms with E-state index in [2.05, 4.69) is 20.8 Å². The Hall–Kier alpha value is -3.91. The monoisotopic (exact) mass is 424 g/mol. The average molecular weight is 425 g/mol. The second kappa shape index (κ2) is 8.62. The Morgan fingerprint density at radius 3 is 2.37 bits per heavy atom. The number of hydrogen-bond donors (Lipinski definition) is 2. The lowest BCUT2D eigenvalue weighted by Crippen LogP contribution is -2.19. The van der Waals surface area contributed by atoms with Crippen molar-refractivity contribution in [2.75, 3.05) is 10.6 Å². The van der Waals surface area contributed by atoms with Gasteiger partial charge in [-0.2, -0.15) is 0 Å². The molecule has 0 spiro atoms. The molecule has 30 heavy (non-hydrogen) atoms. The van der Waals surface area contributed by atoms with E-state index in [1.54, 1.807) is 60.7 Å². The molecule has 150 valence electrons. The first-order chi connectivity index (χ1) is 14.6. The predicted octanol–water partition coefficient (Wildman–Crippen LogP) is 5.97. The van der Waals surface area contributed by atoms with Gasteiger partial charge in [-0.1, -0.05) is 41.0 Å². The van der Waals surface area contributed by atoms with Crippen LogP contribution in [0.2, 0.25) is 5.02 Å². The lowest BCUT2D eigenvalue weighted by atomic mass is 10.2. The number of nitrogens with one attached hydrogen (secondary N) is 2. The molecule has 0 radical (unpaired) electrons. The maximum Gasteiger partial charge on any atom is 0.327 e. The Bertz CT molecular complexity index is 1180. The standard InChI is InChI=1S/C21H14ClFN4O3/c22-13-9-11-14(12-10-13)24-20(28)25-21-27-26-19(30-21)15-5-1-3-7-17(15)29-18-8-4-2-6-16(18)23/h1-12H,(H2,24,25,27,28). The van der Waals surface area contributed by atoms with Gasteiger partial charge in [0.25, 0.3) is 5.89 Å². The van der Waals surface area contributed by atoms with Gasteiger partial charge in [-0.15, -0.1) is 5.10 Å². The summed E-state index contributed by atoms with van der Waals surface area (Å²) in [4.78, 5) is 12.1. The smallest absolute Gasteiger partial charge is 0.327 e. The van der Waals surface area contributed by atoms with Gasteiger partial charge >= 0.3 is 12.0 Å². The zero-order chi connectivity index (χ0) is 20.9. The third-order valence-electron chi connectivity index (χ3n) is 3.92. The lowest BCUT2D eigenvalue weighted by molar-refractivity contribution is 0.261. The number of anilines is 2. The van der Waals surface area contributed by atoms with Crippen molar-refractivity contribution in [3.05, 3.63) is 83.6 Å². The Labute approximate surface area is 175 Å². The highest BCUT2D eigenvalue weighted by molar-refractivity contribution is 6.30. The van der Waals surface area contributed by atoms with E-state index in [1.165, 1.54) is 12.1 Å². The number of carbonyl (C=O) groups excluding carboxylic acids is 1. The molecule has 2 amide bonds. The van der Waals surface area contributed by atoms with E-state index in [1.807, 2.05) is 0 Å². The first-order valence-corrected chi connectivity index (χ1v) is 9.15. The molecule has 0 atom stereocenters. The van der Waals surface area contributed by atoms with E-state index in [0.717, 1.165) is 0 Å². The van der Waals surface area contributed by atoms with Crippen molar-refractivity contribution in [1.82, 2.24) is 10.2 Å². The molecule has 0 unspecified atom stereocenters. The number of benzene rings is 3. The minimum atomic E-state index is -0.566. The largest absolute Gasteiger partial charge is 0.453 e. The molecule has 7 nitrogen and oxygen atoms in total. The van der Waals surface area contributed by atoms with Crippen LogP contribution in [0.15, 0.2) is 77.2 Å². The summed E-state index contributed by atoms with van der Waals surface area (Å²) in [6, 6.07) is 18.8. The SMILES string of the molecule is O=C(Nc1ccc(Cl)cc1)Nc1nnc(-c2ccccc2Oc2ccccc2F)o1. The summed E-state index contributed by atoms with van der Waals surface area (Å²) in [5, 5.41) is 13.4. The lowest BCUT2D eigenvalue weighted by Gasteiger charge is -2.09. The number of carbonyl (C=O) groups is 1. The van der Waals surface area contributed by atoms with E-state index in [0.29, 0.717) is 22.0 Å². The maximum atomic E-state index is 13.9. The van der Waals surface area contributed by atoms with Crippen molar-refractivity contribution in [3.8, 4) is 23.0 Å². The molecule has 2 N–H and O–H groups in total. The molecule has 4 aromatic rings. The topological polar surface area (TPSA) is 89.3 Å². The van der Waals surface area contributed by atoms with E-state index >= 15 is 0 Å². The fourth-order valence-corrected chi connectivity index (χ4v) is 2.68. The molecule has 0 bridgehead atoms. The average Bonchev–Trinajstić information content (AvgIpc) is 3.20. The molecule has 0 saturated carbocycles. The summed E-state index contributed by atoms with van der Waals surface area (Å²) in [6.45, 7) is 0. The molecule has 1 heterocycles. The van der Waals surface area contributed by atoms with E-state index in [9.17, 15) is 9.18 Å². The number of ether oxygens (including phenoxy) is 1. The van der Waals surface area contributed by atoms with E-state index in [4.69, 9.17) is 20.8 Å². The Morgan fingerprint density at radius 1 is 0.900 bits per heavy atom. The van der Waals surface area contributed by atoms with Gasteiger partial charge in [-0.3, -0.25) is 5.32 Å². The van der Waals surface area contributed by atoms with Crippen molar-refractivity contribution < 1.29 is 18.3 Å². The molecule has 9 heteroatoms. The molecule has 3 aromatic carbocycles. The minimum absolute atomic E-state index is 0.0603. The molecule has 0 fully saturated rings. The zero-order valence-corrected chi connectivity index (χ0v) is 16.1. The number of para-hydroxylation sites is 2. The molecular weight excluding hydrogens is 411 g/mol. The Morgan fingerprint density at radius 2 is 1.60 bits per heavy atom. The van der Waals surface area contributed by atoms with Crippen molar-refractivity contribution in [1.29, 1.82) is 0 Å². The number of rotatable bonds is 5. The molecule has 4 rings (SSSR count). The molecular formula is C21H14ClFN4O3. The van der Waals surface area contributed by atoms with Gasteiger partial charge < -0.3 is 14.5 Å². The van der Waals surface area contributed by atoms with Crippen LogP contribution >= 0.6 is 11.6 Å². The molecule has 0 saturated heterocycles. The number of nitrogens with zero attached hydrogens (tertiary/aromatic N) is 2. The van der Waals surface area contributed by atoms with Crippen LogP contribution in [0.1, 0.15) is 0 Å². The summed E-state index contributed by atoms with van der Waals surface area (Å²) >= 11 is 5.82. The minimum Gasteiger partial charge on any atom is -0.453 e. The summed E-state index contributed by atoms with van der Waals surface area (Å²) < 4.78 is 25.1. The van der Waals surface area contributed by atoms with Crippen LogP contribution in [0.25, 0.3) is 11.5 Å². The van der Waals surface area contributed by atoms with Crippen molar-refractivity contribution >= 4 is 29.3 Å². The van der Waals surface area contributed by atoms with Crippen molar-refractivity contribution in [2.45, 2.75) is 0 Å². The second-order valence-electron chi connectivity index (χ2n) is 6.03. The summed E-state index contributed by atoms with van der Waals surface area (Å²) in [7, 11) is 0. The van der Waals surface area contributed by atoms with Gasteiger partial charge in [0.05, 0.1) is 5.56 Å². The van der Waals surface area contributed by atoms with Gasteiger partial charge in [0.2, 0.25) is 0 Å². The highest BCUT2D eigenvalue weighted by Crippen LogP contribution is 2.33. The van der Waals surface area contributed by atoms with Crippen LogP contribution in [0.4, 0.5) is 20.9 Å². The molecule has 1 aromatic heterocycles. The fourth-order valence-electron chi connectivity index (χ4n) is 2.55. The van der Waals surface area contributed by atoms with Crippen LogP contribution in [0.3, 0.4) is 0 Å². The number of amides is 2. The quantitative estimate of drug-likeness (QED) is 0.412. The second-order valence-corrected chi connectivity index (χ2v) is 6.46. The Kier molecular flexibility index (Phi) is 5.58. The number of aromatic nitrogens is 2. The van der Waals surface area contributed by atoms with Crippen LogP contribution in [-0.4, -0.2) is 16.2 Å². The number of urea groups is 1. The van der Waals surface area contributed by atoms with Gasteiger partial charge in [0, 0.05) is 10.7 Å². The van der Waals surface area contributed by atoms with E-state index in [-0.39, 0.29) is 17.7 Å². The first-order valence-electron chi connectivity index (χ1n) is 8.77. The van der Waals surface area contributed by atoms with Crippen LogP contribution in [0, 0.1) is 5.82 Å². The van der Waals surface area contributed by atoms with Gasteiger partial charge in [-0.25, -0.2) is 9.18 Å². The maximum absolute atomic E-state index is 13.9. The van der Waals surface area contributed by atoms with Crippen molar-refractivity contribution in [3.63, 3.8) is 0 Å². The van der Waals surface area contributed by atoms with Gasteiger partial charge in [0.15, 0.2) is 11.6 Å². The molecule has 0 aliphatic rings. The number of hydrogen-bond acceptors (Lipinski definition) is 5. The Balaban J connectivity index is 1.49. The van der Waals surface area contributed by atoms with Crippen LogP contribution < -0.4 is 15.4 Å². The molecule has 0 aliphatic heterocycles. The summed E-state index contributed by atoms with van der Waals surface area (Å²) in [5.74, 6) is -0.0173. The summed E-state index contributed by atoms with van der Waals surface area (Å²) in [5.41, 5.74) is 0.986. The summed E-state index contributed by atoms with van der Waals surface area (Å²) in [6.07, 6.45) is 0. The highest BCUT2D eigenvalue weighted by Gasteiger charge is 2.16. The first kappa shape index (κ1) is 19.4. The normalized spacial score (nSPS) is 10.5. The predicted molar refractivity (Wildman–Crippen MR) is 110 cm³/mol. The molecule has 0 aliphatic carbocycles. The zero-order valence-electron chi connectivity index (χ0n) is 15.3. The highest BCUT2D eigenvalue weighted by atomic mass is 35.5. The van der Waals surface area contributed by atoms with Crippen LogP contribution in [0.5, 0.6) is 11.5 Å². The van der Waals surface area contributed by atoms with E-state index < -0.39 is 11.8 Å². The number of halogens is 2.